The monoisotopic (exact) mass is 315 g/mol. The first-order valence-electron chi connectivity index (χ1n) is 7.33. The fraction of sp³-hybridized carbons (Fsp3) is 0.600. The second kappa shape index (κ2) is 6.42. The van der Waals surface area contributed by atoms with E-state index in [-0.39, 0.29) is 22.1 Å². The first kappa shape index (κ1) is 16.4. The molecule has 0 aromatic heterocycles. The fourth-order valence-corrected chi connectivity index (χ4v) is 4.24. The van der Waals surface area contributed by atoms with Crippen molar-refractivity contribution in [2.24, 2.45) is 0 Å². The zero-order valence-electron chi connectivity index (χ0n) is 12.5. The molecule has 1 aromatic carbocycles. The smallest absolute Gasteiger partial charge is 0.243 e. The Morgan fingerprint density at radius 2 is 2.05 bits per heavy atom. The van der Waals surface area contributed by atoms with E-state index in [9.17, 15) is 17.9 Å². The topological polar surface area (TPSA) is 57.6 Å². The number of sulfonamides is 1. The van der Waals surface area contributed by atoms with Crippen LogP contribution < -0.4 is 0 Å². The van der Waals surface area contributed by atoms with Crippen LogP contribution in [0.5, 0.6) is 0 Å². The summed E-state index contributed by atoms with van der Waals surface area (Å²) in [6.45, 7) is 3.52. The summed E-state index contributed by atoms with van der Waals surface area (Å²) in [6, 6.07) is 2.67. The van der Waals surface area contributed by atoms with Crippen LogP contribution in [0.4, 0.5) is 4.39 Å². The summed E-state index contributed by atoms with van der Waals surface area (Å²) in [7, 11) is -3.63. The summed E-state index contributed by atoms with van der Waals surface area (Å²) in [6.07, 6.45) is 3.50. The Balaban J connectivity index is 2.39. The molecule has 1 N–H and O–H groups in total. The number of benzene rings is 1. The maximum absolute atomic E-state index is 13.8. The van der Waals surface area contributed by atoms with Gasteiger partial charge in [0.15, 0.2) is 0 Å². The van der Waals surface area contributed by atoms with Gasteiger partial charge in [0.25, 0.3) is 0 Å². The molecule has 0 spiro atoms. The van der Waals surface area contributed by atoms with Gasteiger partial charge in [-0.05, 0) is 43.9 Å². The third kappa shape index (κ3) is 3.44. The van der Waals surface area contributed by atoms with Crippen LogP contribution in [0.15, 0.2) is 17.0 Å². The quantitative estimate of drug-likeness (QED) is 0.841. The van der Waals surface area contributed by atoms with Gasteiger partial charge in [0.2, 0.25) is 10.0 Å². The molecule has 6 heteroatoms. The molecular formula is C15H22FNO3S. The summed E-state index contributed by atoms with van der Waals surface area (Å²) < 4.78 is 40.9. The largest absolute Gasteiger partial charge is 0.392 e. The van der Waals surface area contributed by atoms with Crippen LogP contribution in [0, 0.1) is 12.7 Å². The van der Waals surface area contributed by atoms with E-state index in [4.69, 9.17) is 0 Å². The minimum Gasteiger partial charge on any atom is -0.392 e. The lowest BCUT2D eigenvalue weighted by molar-refractivity contribution is 0.275. The van der Waals surface area contributed by atoms with Gasteiger partial charge in [0.1, 0.15) is 5.82 Å². The van der Waals surface area contributed by atoms with Crippen molar-refractivity contribution in [2.75, 3.05) is 6.54 Å². The molecule has 4 nitrogen and oxygen atoms in total. The summed E-state index contributed by atoms with van der Waals surface area (Å²) in [5, 5.41) is 9.19. The average Bonchev–Trinajstić information content (AvgIpc) is 3.26. The summed E-state index contributed by atoms with van der Waals surface area (Å²) >= 11 is 0. The van der Waals surface area contributed by atoms with E-state index < -0.39 is 22.4 Å². The summed E-state index contributed by atoms with van der Waals surface area (Å²) in [5.74, 6) is -0.539. The Morgan fingerprint density at radius 3 is 2.57 bits per heavy atom. The first-order valence-corrected chi connectivity index (χ1v) is 8.77. The van der Waals surface area contributed by atoms with Gasteiger partial charge in [-0.1, -0.05) is 13.3 Å². The van der Waals surface area contributed by atoms with Crippen LogP contribution in [0.25, 0.3) is 0 Å². The number of aliphatic hydroxyl groups excluding tert-OH is 1. The molecule has 0 radical (unpaired) electrons. The van der Waals surface area contributed by atoms with Gasteiger partial charge < -0.3 is 5.11 Å². The Kier molecular flexibility index (Phi) is 5.01. The van der Waals surface area contributed by atoms with Gasteiger partial charge in [0, 0.05) is 18.2 Å². The number of rotatable bonds is 7. The SMILES string of the molecule is CCCCN(C1CC1)S(=O)(=O)c1cc(C)c(F)c(CO)c1. The zero-order chi connectivity index (χ0) is 15.6. The number of aliphatic hydroxyl groups is 1. The molecule has 0 heterocycles. The van der Waals surface area contributed by atoms with Crippen LogP contribution in [0.3, 0.4) is 0 Å². The lowest BCUT2D eigenvalue weighted by atomic mass is 10.1. The maximum Gasteiger partial charge on any atom is 0.243 e. The van der Waals surface area contributed by atoms with Crippen molar-refractivity contribution in [2.45, 2.75) is 57.1 Å². The molecule has 0 saturated heterocycles. The predicted molar refractivity (Wildman–Crippen MR) is 78.9 cm³/mol. The Morgan fingerprint density at radius 1 is 1.38 bits per heavy atom. The normalized spacial score (nSPS) is 15.7. The summed E-state index contributed by atoms with van der Waals surface area (Å²) in [5.41, 5.74) is 0.270. The molecule has 0 bridgehead atoms. The van der Waals surface area contributed by atoms with E-state index in [1.807, 2.05) is 6.92 Å². The first-order chi connectivity index (χ1) is 9.91. The molecule has 0 unspecified atom stereocenters. The minimum atomic E-state index is -3.63. The number of halogens is 1. The highest BCUT2D eigenvalue weighted by Crippen LogP contribution is 2.33. The van der Waals surface area contributed by atoms with E-state index in [1.54, 1.807) is 0 Å². The molecule has 1 aliphatic carbocycles. The van der Waals surface area contributed by atoms with Crippen molar-refractivity contribution < 1.29 is 17.9 Å². The molecular weight excluding hydrogens is 293 g/mol. The Hall–Kier alpha value is -0.980. The third-order valence-corrected chi connectivity index (χ3v) is 5.70. The molecule has 1 aromatic rings. The second-order valence-electron chi connectivity index (χ2n) is 5.57. The Bertz CT molecular complexity index is 612. The highest BCUT2D eigenvalue weighted by Gasteiger charge is 2.37. The van der Waals surface area contributed by atoms with Gasteiger partial charge in [-0.2, -0.15) is 4.31 Å². The number of hydrogen-bond acceptors (Lipinski definition) is 3. The highest BCUT2D eigenvalue weighted by atomic mass is 32.2. The van der Waals surface area contributed by atoms with Crippen molar-refractivity contribution >= 4 is 10.0 Å². The number of hydrogen-bond donors (Lipinski definition) is 1. The van der Waals surface area contributed by atoms with Gasteiger partial charge in [-0.25, -0.2) is 12.8 Å². The fourth-order valence-electron chi connectivity index (χ4n) is 2.38. The van der Waals surface area contributed by atoms with Crippen molar-refractivity contribution in [3.63, 3.8) is 0 Å². The number of nitrogens with zero attached hydrogens (tertiary/aromatic N) is 1. The van der Waals surface area contributed by atoms with Crippen LogP contribution >= 0.6 is 0 Å². The van der Waals surface area contributed by atoms with E-state index in [0.717, 1.165) is 25.7 Å². The molecule has 1 aliphatic rings. The van der Waals surface area contributed by atoms with Crippen LogP contribution in [-0.2, 0) is 16.6 Å². The molecule has 1 saturated carbocycles. The van der Waals surface area contributed by atoms with Crippen molar-refractivity contribution in [1.82, 2.24) is 4.31 Å². The van der Waals surface area contributed by atoms with Gasteiger partial charge in [0.05, 0.1) is 11.5 Å². The van der Waals surface area contributed by atoms with Crippen LogP contribution in [-0.4, -0.2) is 30.4 Å². The molecule has 0 amide bonds. The van der Waals surface area contributed by atoms with Crippen LogP contribution in [0.1, 0.15) is 43.7 Å². The van der Waals surface area contributed by atoms with E-state index >= 15 is 0 Å². The summed E-state index contributed by atoms with van der Waals surface area (Å²) in [4.78, 5) is 0.0773. The predicted octanol–water partition coefficient (Wildman–Crippen LogP) is 2.58. The van der Waals surface area contributed by atoms with Crippen LogP contribution in [0.2, 0.25) is 0 Å². The van der Waals surface area contributed by atoms with E-state index in [1.165, 1.54) is 23.4 Å². The lowest BCUT2D eigenvalue weighted by Crippen LogP contribution is -2.34. The van der Waals surface area contributed by atoms with E-state index in [0.29, 0.717) is 6.54 Å². The molecule has 2 rings (SSSR count). The maximum atomic E-state index is 13.8. The number of aryl methyl sites for hydroxylation is 1. The van der Waals surface area contributed by atoms with Crippen molar-refractivity contribution in [1.29, 1.82) is 0 Å². The zero-order valence-corrected chi connectivity index (χ0v) is 13.3. The van der Waals surface area contributed by atoms with Gasteiger partial charge in [-0.3, -0.25) is 0 Å². The van der Waals surface area contributed by atoms with Gasteiger partial charge in [-0.15, -0.1) is 0 Å². The molecule has 118 valence electrons. The highest BCUT2D eigenvalue weighted by molar-refractivity contribution is 7.89. The lowest BCUT2D eigenvalue weighted by Gasteiger charge is -2.22. The number of unbranched alkanes of at least 4 members (excludes halogenated alkanes) is 1. The minimum absolute atomic E-state index is 0.0276. The van der Waals surface area contributed by atoms with Crippen molar-refractivity contribution in [3.8, 4) is 0 Å². The molecule has 0 aliphatic heterocycles. The molecule has 0 atom stereocenters. The second-order valence-corrected chi connectivity index (χ2v) is 7.46. The average molecular weight is 315 g/mol. The van der Waals surface area contributed by atoms with Gasteiger partial charge >= 0.3 is 0 Å². The molecule has 1 fully saturated rings. The molecule has 21 heavy (non-hydrogen) atoms. The van der Waals surface area contributed by atoms with Crippen molar-refractivity contribution in [3.05, 3.63) is 29.1 Å². The Labute approximate surface area is 125 Å². The van der Waals surface area contributed by atoms with E-state index in [2.05, 4.69) is 0 Å². The standard InChI is InChI=1S/C15H22FNO3S/c1-3-4-7-17(13-5-6-13)21(19,20)14-8-11(2)15(16)12(9-14)10-18/h8-9,13,18H,3-7,10H2,1-2H3. The third-order valence-electron chi connectivity index (χ3n) is 3.77.